The van der Waals surface area contributed by atoms with E-state index in [1.54, 1.807) is 0 Å². The van der Waals surface area contributed by atoms with E-state index in [9.17, 15) is 4.79 Å². The lowest BCUT2D eigenvalue weighted by Crippen LogP contribution is -2.48. The van der Waals surface area contributed by atoms with Crippen molar-refractivity contribution in [2.24, 2.45) is 0 Å². The van der Waals surface area contributed by atoms with Gasteiger partial charge in [-0.1, -0.05) is 60.7 Å². The van der Waals surface area contributed by atoms with Gasteiger partial charge >= 0.3 is 0 Å². The second-order valence-electron chi connectivity index (χ2n) is 7.45. The molecule has 2 unspecified atom stereocenters. The molecule has 2 aromatic carbocycles. The van der Waals surface area contributed by atoms with E-state index in [0.717, 1.165) is 12.8 Å². The van der Waals surface area contributed by atoms with Gasteiger partial charge in [0, 0.05) is 30.5 Å². The SMILES string of the molecule is O=C(CC(c1ccccc1)c1ccccc1)NC1CC2CCC(C1)N2. The first kappa shape index (κ1) is 16.3. The van der Waals surface area contributed by atoms with Gasteiger partial charge in [-0.3, -0.25) is 4.79 Å². The van der Waals surface area contributed by atoms with Gasteiger partial charge in [0.1, 0.15) is 0 Å². The molecule has 2 atom stereocenters. The third-order valence-corrected chi connectivity index (χ3v) is 5.63. The standard InChI is InChI=1S/C22H26N2O/c25-22(24-20-13-18-11-12-19(14-20)23-18)15-21(16-7-3-1-4-8-16)17-9-5-2-6-10-17/h1-10,18-21,23H,11-15H2,(H,24,25). The van der Waals surface area contributed by atoms with E-state index < -0.39 is 0 Å². The Morgan fingerprint density at radius 1 is 0.920 bits per heavy atom. The van der Waals surface area contributed by atoms with Crippen LogP contribution in [0.1, 0.15) is 49.1 Å². The van der Waals surface area contributed by atoms with Gasteiger partial charge in [-0.2, -0.15) is 0 Å². The highest BCUT2D eigenvalue weighted by molar-refractivity contribution is 5.78. The molecule has 130 valence electrons. The quantitative estimate of drug-likeness (QED) is 0.877. The van der Waals surface area contributed by atoms with Gasteiger partial charge in [-0.15, -0.1) is 0 Å². The van der Waals surface area contributed by atoms with Crippen LogP contribution in [0.15, 0.2) is 60.7 Å². The molecule has 3 nitrogen and oxygen atoms in total. The summed E-state index contributed by atoms with van der Waals surface area (Å²) in [6, 6.07) is 22.3. The van der Waals surface area contributed by atoms with Crippen LogP contribution in [0, 0.1) is 0 Å². The first-order valence-electron chi connectivity index (χ1n) is 9.43. The molecule has 2 saturated heterocycles. The monoisotopic (exact) mass is 334 g/mol. The number of hydrogen-bond donors (Lipinski definition) is 2. The topological polar surface area (TPSA) is 41.1 Å². The number of rotatable bonds is 5. The van der Waals surface area contributed by atoms with Crippen LogP contribution < -0.4 is 10.6 Å². The molecule has 2 aliphatic heterocycles. The highest BCUT2D eigenvalue weighted by Gasteiger charge is 2.34. The molecule has 0 aromatic heterocycles. The van der Waals surface area contributed by atoms with Crippen LogP contribution in [-0.4, -0.2) is 24.0 Å². The summed E-state index contributed by atoms with van der Waals surface area (Å²) in [6.45, 7) is 0. The number of fused-ring (bicyclic) bond motifs is 2. The summed E-state index contributed by atoms with van der Waals surface area (Å²) < 4.78 is 0. The first-order valence-corrected chi connectivity index (χ1v) is 9.43. The molecule has 0 spiro atoms. The lowest BCUT2D eigenvalue weighted by atomic mass is 9.88. The zero-order valence-electron chi connectivity index (χ0n) is 14.5. The molecule has 0 radical (unpaired) electrons. The van der Waals surface area contributed by atoms with E-state index in [2.05, 4.69) is 34.9 Å². The number of carbonyl (C=O) groups excluding carboxylic acids is 1. The van der Waals surface area contributed by atoms with E-state index in [0.29, 0.717) is 24.5 Å². The van der Waals surface area contributed by atoms with Gasteiger partial charge in [0.25, 0.3) is 0 Å². The fourth-order valence-corrected chi connectivity index (χ4v) is 4.45. The maximum absolute atomic E-state index is 12.8. The molecule has 2 aliphatic rings. The van der Waals surface area contributed by atoms with Crippen LogP contribution in [0.4, 0.5) is 0 Å². The maximum Gasteiger partial charge on any atom is 0.221 e. The molecule has 0 aliphatic carbocycles. The Morgan fingerprint density at radius 3 is 1.96 bits per heavy atom. The lowest BCUT2D eigenvalue weighted by Gasteiger charge is -2.30. The number of piperidine rings is 1. The number of amides is 1. The molecule has 3 heteroatoms. The Morgan fingerprint density at radius 2 is 1.44 bits per heavy atom. The van der Waals surface area contributed by atoms with Crippen molar-refractivity contribution < 1.29 is 4.79 Å². The summed E-state index contributed by atoms with van der Waals surface area (Å²) in [5.41, 5.74) is 2.41. The number of carbonyl (C=O) groups is 1. The molecular formula is C22H26N2O. The number of hydrogen-bond acceptors (Lipinski definition) is 2. The third kappa shape index (κ3) is 3.93. The van der Waals surface area contributed by atoms with Gasteiger partial charge in [0.2, 0.25) is 5.91 Å². The number of nitrogens with one attached hydrogen (secondary N) is 2. The van der Waals surface area contributed by atoms with Crippen LogP contribution in [-0.2, 0) is 4.79 Å². The minimum Gasteiger partial charge on any atom is -0.353 e. The summed E-state index contributed by atoms with van der Waals surface area (Å²) in [5.74, 6) is 0.282. The van der Waals surface area contributed by atoms with Crippen LogP contribution in [0.2, 0.25) is 0 Å². The van der Waals surface area contributed by atoms with Crippen molar-refractivity contribution >= 4 is 5.91 Å². The van der Waals surface area contributed by atoms with E-state index in [1.807, 2.05) is 36.4 Å². The van der Waals surface area contributed by atoms with Crippen molar-refractivity contribution in [2.75, 3.05) is 0 Å². The Labute approximate surface area is 149 Å². The third-order valence-electron chi connectivity index (χ3n) is 5.63. The summed E-state index contributed by atoms with van der Waals surface area (Å²) in [5, 5.41) is 6.95. The number of benzene rings is 2. The van der Waals surface area contributed by atoms with E-state index in [4.69, 9.17) is 0 Å². The smallest absolute Gasteiger partial charge is 0.221 e. The van der Waals surface area contributed by atoms with Gasteiger partial charge in [0.15, 0.2) is 0 Å². The van der Waals surface area contributed by atoms with E-state index in [-0.39, 0.29) is 11.8 Å². The second-order valence-corrected chi connectivity index (χ2v) is 7.45. The normalized spacial score (nSPS) is 25.1. The zero-order valence-corrected chi connectivity index (χ0v) is 14.5. The fraction of sp³-hybridized carbons (Fsp3) is 0.409. The van der Waals surface area contributed by atoms with Crippen molar-refractivity contribution in [3.63, 3.8) is 0 Å². The average Bonchev–Trinajstić information content (AvgIpc) is 2.99. The van der Waals surface area contributed by atoms with Crippen molar-refractivity contribution in [3.05, 3.63) is 71.8 Å². The molecular weight excluding hydrogens is 308 g/mol. The molecule has 2 N–H and O–H groups in total. The average molecular weight is 334 g/mol. The molecule has 4 rings (SSSR count). The van der Waals surface area contributed by atoms with Gasteiger partial charge in [-0.05, 0) is 36.8 Å². The Kier molecular flexibility index (Phi) is 4.84. The highest BCUT2D eigenvalue weighted by Crippen LogP contribution is 2.29. The van der Waals surface area contributed by atoms with E-state index >= 15 is 0 Å². The van der Waals surface area contributed by atoms with Crippen LogP contribution >= 0.6 is 0 Å². The Hall–Kier alpha value is -2.13. The van der Waals surface area contributed by atoms with Gasteiger partial charge in [0.05, 0.1) is 0 Å². The minimum absolute atomic E-state index is 0.112. The molecule has 2 aromatic rings. The molecule has 2 heterocycles. The predicted octanol–water partition coefficient (Wildman–Crippen LogP) is 3.61. The van der Waals surface area contributed by atoms with Crippen molar-refractivity contribution in [3.8, 4) is 0 Å². The molecule has 25 heavy (non-hydrogen) atoms. The summed E-state index contributed by atoms with van der Waals surface area (Å²) in [7, 11) is 0. The van der Waals surface area contributed by atoms with Gasteiger partial charge in [-0.25, -0.2) is 0 Å². The highest BCUT2D eigenvalue weighted by atomic mass is 16.1. The van der Waals surface area contributed by atoms with Crippen molar-refractivity contribution in [1.29, 1.82) is 0 Å². The Balaban J connectivity index is 1.46. The van der Waals surface area contributed by atoms with Crippen molar-refractivity contribution in [2.45, 2.75) is 56.1 Å². The second kappa shape index (κ2) is 7.40. The zero-order chi connectivity index (χ0) is 17.1. The molecule has 2 bridgehead atoms. The summed E-state index contributed by atoms with van der Waals surface area (Å²) in [6.07, 6.45) is 5.17. The predicted molar refractivity (Wildman–Crippen MR) is 100 cm³/mol. The minimum atomic E-state index is 0.112. The van der Waals surface area contributed by atoms with Crippen LogP contribution in [0.5, 0.6) is 0 Å². The maximum atomic E-state index is 12.8. The summed E-state index contributed by atoms with van der Waals surface area (Å²) in [4.78, 5) is 12.8. The largest absolute Gasteiger partial charge is 0.353 e. The van der Waals surface area contributed by atoms with E-state index in [1.165, 1.54) is 24.0 Å². The molecule has 1 amide bonds. The Bertz CT molecular complexity index is 649. The molecule has 0 saturated carbocycles. The van der Waals surface area contributed by atoms with Crippen LogP contribution in [0.3, 0.4) is 0 Å². The van der Waals surface area contributed by atoms with Crippen LogP contribution in [0.25, 0.3) is 0 Å². The first-order chi connectivity index (χ1) is 12.3. The summed E-state index contributed by atoms with van der Waals surface area (Å²) >= 11 is 0. The fourth-order valence-electron chi connectivity index (χ4n) is 4.45. The van der Waals surface area contributed by atoms with Gasteiger partial charge < -0.3 is 10.6 Å². The molecule has 2 fully saturated rings. The van der Waals surface area contributed by atoms with Crippen molar-refractivity contribution in [1.82, 2.24) is 10.6 Å². The lowest BCUT2D eigenvalue weighted by molar-refractivity contribution is -0.122.